The fourth-order valence-corrected chi connectivity index (χ4v) is 4.03. The molecule has 0 aromatic heterocycles. The van der Waals surface area contributed by atoms with Gasteiger partial charge in [-0.1, -0.05) is 37.6 Å². The molecule has 2 heteroatoms. The van der Waals surface area contributed by atoms with Crippen LogP contribution in [-0.4, -0.2) is 19.0 Å². The highest BCUT2D eigenvalue weighted by Gasteiger charge is 2.45. The zero-order valence-electron chi connectivity index (χ0n) is 12.5. The normalized spacial score (nSPS) is 28.6. The first-order chi connectivity index (χ1) is 9.69. The molecule has 2 aliphatic rings. The zero-order chi connectivity index (χ0) is 14.3. The maximum Gasteiger partial charge on any atom is 0.161 e. The van der Waals surface area contributed by atoms with Crippen molar-refractivity contribution in [2.24, 2.45) is 5.92 Å². The standard InChI is InChI=1S/C18H22O2/c1-4-7-13-12-8-5-6-9-14(12)17-11(2)15(19)10-16(20-3)18(13)17/h5-6,8-9,13,16,18H,4,7,10H2,1-3H3. The Balaban J connectivity index is 2.19. The van der Waals surface area contributed by atoms with Crippen molar-refractivity contribution in [1.29, 1.82) is 0 Å². The molecule has 0 N–H and O–H groups in total. The van der Waals surface area contributed by atoms with Gasteiger partial charge in [0.05, 0.1) is 6.10 Å². The first-order valence-electron chi connectivity index (χ1n) is 7.55. The third-order valence-corrected chi connectivity index (χ3v) is 4.93. The van der Waals surface area contributed by atoms with Gasteiger partial charge in [0.2, 0.25) is 0 Å². The van der Waals surface area contributed by atoms with Crippen LogP contribution in [0.5, 0.6) is 0 Å². The summed E-state index contributed by atoms with van der Waals surface area (Å²) in [6, 6.07) is 8.58. The van der Waals surface area contributed by atoms with Gasteiger partial charge in [0.25, 0.3) is 0 Å². The van der Waals surface area contributed by atoms with Crippen molar-refractivity contribution in [3.63, 3.8) is 0 Å². The Bertz CT molecular complexity index is 571. The second kappa shape index (κ2) is 5.17. The summed E-state index contributed by atoms with van der Waals surface area (Å²) in [5.74, 6) is 1.10. The van der Waals surface area contributed by atoms with Crippen LogP contribution in [0, 0.1) is 5.92 Å². The van der Waals surface area contributed by atoms with Crippen LogP contribution < -0.4 is 0 Å². The molecule has 1 aromatic rings. The van der Waals surface area contributed by atoms with Crippen LogP contribution in [0.2, 0.25) is 0 Å². The van der Waals surface area contributed by atoms with Gasteiger partial charge in [-0.3, -0.25) is 4.79 Å². The van der Waals surface area contributed by atoms with E-state index < -0.39 is 0 Å². The Morgan fingerprint density at radius 2 is 2.05 bits per heavy atom. The number of ether oxygens (including phenoxy) is 1. The van der Waals surface area contributed by atoms with E-state index in [9.17, 15) is 4.79 Å². The van der Waals surface area contributed by atoms with E-state index in [0.29, 0.717) is 18.3 Å². The Kier molecular flexibility index (Phi) is 3.51. The Hall–Kier alpha value is -1.41. The van der Waals surface area contributed by atoms with Gasteiger partial charge in [-0.05, 0) is 41.5 Å². The number of rotatable bonds is 3. The van der Waals surface area contributed by atoms with Crippen molar-refractivity contribution in [3.8, 4) is 0 Å². The molecule has 2 nitrogen and oxygen atoms in total. The van der Waals surface area contributed by atoms with Crippen LogP contribution in [-0.2, 0) is 9.53 Å². The molecule has 3 atom stereocenters. The average molecular weight is 270 g/mol. The lowest BCUT2D eigenvalue weighted by atomic mass is 9.75. The van der Waals surface area contributed by atoms with Crippen molar-refractivity contribution in [2.45, 2.75) is 45.1 Å². The lowest BCUT2D eigenvalue weighted by molar-refractivity contribution is -0.119. The molecule has 1 aromatic carbocycles. The van der Waals surface area contributed by atoms with E-state index in [-0.39, 0.29) is 11.9 Å². The average Bonchev–Trinajstić information content (AvgIpc) is 2.79. The number of benzene rings is 1. The van der Waals surface area contributed by atoms with E-state index in [1.807, 2.05) is 6.92 Å². The number of allylic oxidation sites excluding steroid dienone is 1. The van der Waals surface area contributed by atoms with E-state index in [4.69, 9.17) is 4.74 Å². The molecule has 0 amide bonds. The maximum atomic E-state index is 12.2. The second-order valence-electron chi connectivity index (χ2n) is 5.95. The fraction of sp³-hybridized carbons (Fsp3) is 0.500. The highest BCUT2D eigenvalue weighted by Crippen LogP contribution is 2.53. The molecule has 0 aliphatic heterocycles. The van der Waals surface area contributed by atoms with E-state index in [1.54, 1.807) is 7.11 Å². The predicted molar refractivity (Wildman–Crippen MR) is 80.6 cm³/mol. The van der Waals surface area contributed by atoms with E-state index in [0.717, 1.165) is 18.4 Å². The minimum atomic E-state index is 0.0325. The molecule has 20 heavy (non-hydrogen) atoms. The summed E-state index contributed by atoms with van der Waals surface area (Å²) in [7, 11) is 1.74. The molecule has 0 fully saturated rings. The maximum absolute atomic E-state index is 12.2. The first-order valence-corrected chi connectivity index (χ1v) is 7.55. The number of methoxy groups -OCH3 is 1. The summed E-state index contributed by atoms with van der Waals surface area (Å²) < 4.78 is 5.68. The van der Waals surface area contributed by atoms with E-state index in [1.165, 1.54) is 16.7 Å². The molecule has 3 unspecified atom stereocenters. The third-order valence-electron chi connectivity index (χ3n) is 4.93. The van der Waals surface area contributed by atoms with Crippen molar-refractivity contribution < 1.29 is 9.53 Å². The minimum absolute atomic E-state index is 0.0325. The van der Waals surface area contributed by atoms with Crippen LogP contribution in [0.15, 0.2) is 29.8 Å². The molecular formula is C18H22O2. The SMILES string of the molecule is CCCC1c2ccccc2C2=C(C)C(=O)CC(OC)C21. The van der Waals surface area contributed by atoms with Gasteiger partial charge < -0.3 is 4.74 Å². The molecule has 0 heterocycles. The lowest BCUT2D eigenvalue weighted by Gasteiger charge is -2.33. The van der Waals surface area contributed by atoms with Crippen LogP contribution in [0.1, 0.15) is 50.2 Å². The largest absolute Gasteiger partial charge is 0.380 e. The van der Waals surface area contributed by atoms with Crippen molar-refractivity contribution >= 4 is 11.4 Å². The highest BCUT2D eigenvalue weighted by molar-refractivity contribution is 6.06. The summed E-state index contributed by atoms with van der Waals surface area (Å²) in [6.45, 7) is 4.22. The monoisotopic (exact) mass is 270 g/mol. The van der Waals surface area contributed by atoms with Crippen LogP contribution in [0.3, 0.4) is 0 Å². The van der Waals surface area contributed by atoms with Gasteiger partial charge in [0.1, 0.15) is 0 Å². The molecule has 106 valence electrons. The smallest absolute Gasteiger partial charge is 0.161 e. The summed E-state index contributed by atoms with van der Waals surface area (Å²) >= 11 is 0. The Labute approximate surface area is 120 Å². The topological polar surface area (TPSA) is 26.3 Å². The molecule has 0 bridgehead atoms. The molecule has 0 saturated heterocycles. The van der Waals surface area contributed by atoms with Gasteiger partial charge in [0, 0.05) is 19.4 Å². The second-order valence-corrected chi connectivity index (χ2v) is 5.95. The number of fused-ring (bicyclic) bond motifs is 3. The number of carbonyl (C=O) groups is 1. The molecule has 2 aliphatic carbocycles. The van der Waals surface area contributed by atoms with Crippen molar-refractivity contribution in [1.82, 2.24) is 0 Å². The summed E-state index contributed by atoms with van der Waals surface area (Å²) in [6.07, 6.45) is 2.88. The molecule has 0 spiro atoms. The number of carbonyl (C=O) groups excluding carboxylic acids is 1. The molecular weight excluding hydrogens is 248 g/mol. The number of Topliss-reactive ketones (excluding diaryl/α,β-unsaturated/α-hetero) is 1. The van der Waals surface area contributed by atoms with E-state index >= 15 is 0 Å². The lowest BCUT2D eigenvalue weighted by Crippen LogP contribution is -2.33. The van der Waals surface area contributed by atoms with Gasteiger partial charge >= 0.3 is 0 Å². The fourth-order valence-electron chi connectivity index (χ4n) is 4.03. The minimum Gasteiger partial charge on any atom is -0.380 e. The van der Waals surface area contributed by atoms with Gasteiger partial charge in [0.15, 0.2) is 5.78 Å². The molecule has 0 radical (unpaired) electrons. The van der Waals surface area contributed by atoms with Gasteiger partial charge in [-0.25, -0.2) is 0 Å². The number of ketones is 1. The van der Waals surface area contributed by atoms with Crippen LogP contribution in [0.4, 0.5) is 0 Å². The van der Waals surface area contributed by atoms with Gasteiger partial charge in [-0.2, -0.15) is 0 Å². The highest BCUT2D eigenvalue weighted by atomic mass is 16.5. The Morgan fingerprint density at radius 1 is 1.30 bits per heavy atom. The number of hydrogen-bond donors (Lipinski definition) is 0. The Morgan fingerprint density at radius 3 is 2.75 bits per heavy atom. The van der Waals surface area contributed by atoms with Crippen LogP contribution >= 0.6 is 0 Å². The predicted octanol–water partition coefficient (Wildman–Crippen LogP) is 3.96. The molecule has 0 saturated carbocycles. The van der Waals surface area contributed by atoms with Gasteiger partial charge in [-0.15, -0.1) is 0 Å². The zero-order valence-corrected chi connectivity index (χ0v) is 12.5. The third kappa shape index (κ3) is 1.86. The van der Waals surface area contributed by atoms with Crippen molar-refractivity contribution in [3.05, 3.63) is 41.0 Å². The molecule has 3 rings (SSSR count). The van der Waals surface area contributed by atoms with E-state index in [2.05, 4.69) is 31.2 Å². The quantitative estimate of drug-likeness (QED) is 0.831. The first kappa shape index (κ1) is 13.6. The van der Waals surface area contributed by atoms with Crippen LogP contribution in [0.25, 0.3) is 5.57 Å². The number of hydrogen-bond acceptors (Lipinski definition) is 2. The summed E-state index contributed by atoms with van der Waals surface area (Å²) in [4.78, 5) is 12.2. The summed E-state index contributed by atoms with van der Waals surface area (Å²) in [5.41, 5.74) is 4.89. The summed E-state index contributed by atoms with van der Waals surface area (Å²) in [5, 5.41) is 0. The van der Waals surface area contributed by atoms with Crippen molar-refractivity contribution in [2.75, 3.05) is 7.11 Å².